The molecule has 0 spiro atoms. The maximum Gasteiger partial charge on any atom is 0.344 e. The van der Waals surface area contributed by atoms with Gasteiger partial charge in [-0.25, -0.2) is 9.78 Å². The molecule has 140 valence electrons. The van der Waals surface area contributed by atoms with Gasteiger partial charge in [0.1, 0.15) is 11.4 Å². The van der Waals surface area contributed by atoms with Crippen LogP contribution in [-0.2, 0) is 14.3 Å². The maximum absolute atomic E-state index is 11.9. The van der Waals surface area contributed by atoms with Gasteiger partial charge in [0.15, 0.2) is 24.7 Å². The van der Waals surface area contributed by atoms with E-state index in [0.29, 0.717) is 21.6 Å². The Labute approximate surface area is 165 Å². The van der Waals surface area contributed by atoms with Crippen LogP contribution in [0.25, 0.3) is 10.9 Å². The molecule has 1 aromatic carbocycles. The van der Waals surface area contributed by atoms with E-state index >= 15 is 0 Å². The predicted octanol–water partition coefficient (Wildman–Crippen LogP) is 3.52. The second-order valence-corrected chi connectivity index (χ2v) is 6.49. The van der Waals surface area contributed by atoms with Crippen molar-refractivity contribution in [3.63, 3.8) is 0 Å². The van der Waals surface area contributed by atoms with Gasteiger partial charge in [0.05, 0.1) is 16.1 Å². The number of halogens is 2. The first-order chi connectivity index (χ1) is 12.7. The Bertz CT molecular complexity index is 969. The molecule has 0 amide bonds. The first-order valence-electron chi connectivity index (χ1n) is 7.75. The first kappa shape index (κ1) is 20.6. The lowest BCUT2D eigenvalue weighted by atomic mass is 10.0. The van der Waals surface area contributed by atoms with Gasteiger partial charge < -0.3 is 14.9 Å². The maximum atomic E-state index is 11.9. The van der Waals surface area contributed by atoms with Crippen LogP contribution in [0.1, 0.15) is 12.6 Å². The van der Waals surface area contributed by atoms with Gasteiger partial charge in [-0.2, -0.15) is 5.26 Å². The van der Waals surface area contributed by atoms with Gasteiger partial charge in [-0.3, -0.25) is 4.79 Å². The fourth-order valence-corrected chi connectivity index (χ4v) is 2.82. The van der Waals surface area contributed by atoms with Crippen molar-refractivity contribution in [1.29, 1.82) is 10.7 Å². The molecule has 0 aliphatic carbocycles. The summed E-state index contributed by atoms with van der Waals surface area (Å²) in [6, 6.07) is 6.72. The molecule has 2 aromatic rings. The van der Waals surface area contributed by atoms with E-state index in [1.54, 1.807) is 25.1 Å². The van der Waals surface area contributed by atoms with Gasteiger partial charge in [-0.1, -0.05) is 23.2 Å². The van der Waals surface area contributed by atoms with Gasteiger partial charge in [-0.05, 0) is 32.0 Å². The second kappa shape index (κ2) is 8.80. The number of nitriles is 1. The molecule has 7 nitrogen and oxygen atoms in total. The number of fused-ring (bicyclic) bond motifs is 1. The molecule has 1 atom stereocenters. The molecule has 0 aliphatic rings. The zero-order valence-corrected chi connectivity index (χ0v) is 16.0. The van der Waals surface area contributed by atoms with Crippen LogP contribution in [0.2, 0.25) is 10.0 Å². The van der Waals surface area contributed by atoms with E-state index in [1.165, 1.54) is 13.0 Å². The van der Waals surface area contributed by atoms with Crippen LogP contribution in [0.5, 0.6) is 5.75 Å². The molecular formula is C18H15Cl2N3O4. The smallest absolute Gasteiger partial charge is 0.344 e. The van der Waals surface area contributed by atoms with Crippen LogP contribution in [0.4, 0.5) is 0 Å². The topological polar surface area (TPSA) is 113 Å². The molecule has 0 bridgehead atoms. The summed E-state index contributed by atoms with van der Waals surface area (Å²) in [5, 5.41) is 17.4. The first-order valence-corrected chi connectivity index (χ1v) is 8.51. The number of carbonyl (C=O) groups is 2. The second-order valence-electron chi connectivity index (χ2n) is 5.68. The molecule has 0 aliphatic heterocycles. The average Bonchev–Trinajstić information content (AvgIpc) is 2.59. The lowest BCUT2D eigenvalue weighted by Crippen LogP contribution is -2.27. The van der Waals surface area contributed by atoms with Crippen molar-refractivity contribution in [2.75, 3.05) is 13.2 Å². The number of aryl methyl sites for hydroxylation is 1. The summed E-state index contributed by atoms with van der Waals surface area (Å²) in [5.74, 6) is -2.56. The minimum Gasteiger partial charge on any atom is -0.478 e. The van der Waals surface area contributed by atoms with Gasteiger partial charge in [0, 0.05) is 16.8 Å². The average molecular weight is 408 g/mol. The molecule has 0 unspecified atom stereocenters. The van der Waals surface area contributed by atoms with Crippen molar-refractivity contribution in [3.05, 3.63) is 33.9 Å². The van der Waals surface area contributed by atoms with E-state index in [0.717, 1.165) is 0 Å². The molecule has 0 saturated carbocycles. The third-order valence-electron chi connectivity index (χ3n) is 3.57. The number of esters is 1. The standard InChI is InChI=1S/C18H15Cl2N3O4/c1-9-3-4-11-13(19)5-14(20)18(17(11)23-9)27-8-16(25)26-7-15(24)12(6-21)10(2)22/h3-5,12,22H,7-8H2,1-2H3/t12-/m1/s1. The Hall–Kier alpha value is -2.69. The van der Waals surface area contributed by atoms with Crippen LogP contribution in [0, 0.1) is 29.6 Å². The molecule has 0 saturated heterocycles. The number of Topliss-reactive ketones (excluding diaryl/α,β-unsaturated/α-hetero) is 1. The molecule has 0 fully saturated rings. The summed E-state index contributed by atoms with van der Waals surface area (Å²) >= 11 is 12.3. The van der Waals surface area contributed by atoms with Crippen molar-refractivity contribution < 1.29 is 19.1 Å². The normalized spacial score (nSPS) is 11.5. The zero-order chi connectivity index (χ0) is 20.1. The molecule has 1 aromatic heterocycles. The summed E-state index contributed by atoms with van der Waals surface area (Å²) in [6.45, 7) is 1.98. The van der Waals surface area contributed by atoms with Crippen LogP contribution in [0.3, 0.4) is 0 Å². The summed E-state index contributed by atoms with van der Waals surface area (Å²) < 4.78 is 10.2. The SMILES string of the molecule is CC(=N)[C@@H](C#N)C(=O)COC(=O)COc1c(Cl)cc(Cl)c2ccc(C)nc12. The van der Waals surface area contributed by atoms with Gasteiger partial charge in [-0.15, -0.1) is 0 Å². The van der Waals surface area contributed by atoms with Crippen molar-refractivity contribution in [2.45, 2.75) is 13.8 Å². The Kier molecular flexibility index (Phi) is 6.72. The Morgan fingerprint density at radius 2 is 2.00 bits per heavy atom. The summed E-state index contributed by atoms with van der Waals surface area (Å²) in [5.41, 5.74) is 0.999. The highest BCUT2D eigenvalue weighted by molar-refractivity contribution is 6.39. The van der Waals surface area contributed by atoms with E-state index in [1.807, 2.05) is 0 Å². The Morgan fingerprint density at radius 1 is 1.30 bits per heavy atom. The van der Waals surface area contributed by atoms with Crippen molar-refractivity contribution in [2.24, 2.45) is 5.92 Å². The molecular weight excluding hydrogens is 393 g/mol. The minimum atomic E-state index is -1.24. The molecule has 27 heavy (non-hydrogen) atoms. The summed E-state index contributed by atoms with van der Waals surface area (Å²) in [7, 11) is 0. The lowest BCUT2D eigenvalue weighted by molar-refractivity contribution is -0.150. The van der Waals surface area contributed by atoms with Gasteiger partial charge >= 0.3 is 5.97 Å². The predicted molar refractivity (Wildman–Crippen MR) is 100 cm³/mol. The molecule has 1 heterocycles. The quantitative estimate of drug-likeness (QED) is 0.554. The van der Waals surface area contributed by atoms with Crippen LogP contribution >= 0.6 is 23.2 Å². The van der Waals surface area contributed by atoms with E-state index in [2.05, 4.69) is 4.98 Å². The zero-order valence-electron chi connectivity index (χ0n) is 14.5. The third-order valence-corrected chi connectivity index (χ3v) is 4.16. The number of nitrogens with one attached hydrogen (secondary N) is 1. The lowest BCUT2D eigenvalue weighted by Gasteiger charge is -2.12. The van der Waals surface area contributed by atoms with Crippen molar-refractivity contribution in [1.82, 2.24) is 4.98 Å². The Morgan fingerprint density at radius 3 is 2.63 bits per heavy atom. The number of hydrogen-bond acceptors (Lipinski definition) is 7. The molecule has 1 N–H and O–H groups in total. The van der Waals surface area contributed by atoms with Crippen LogP contribution < -0.4 is 4.74 Å². The van der Waals surface area contributed by atoms with E-state index in [-0.39, 0.29) is 16.5 Å². The van der Waals surface area contributed by atoms with Crippen LogP contribution in [-0.4, -0.2) is 35.7 Å². The molecule has 9 heteroatoms. The fraction of sp³-hybridized carbons (Fsp3) is 0.278. The van der Waals surface area contributed by atoms with E-state index in [9.17, 15) is 9.59 Å². The summed E-state index contributed by atoms with van der Waals surface area (Å²) in [4.78, 5) is 28.0. The Balaban J connectivity index is 2.08. The number of ether oxygens (including phenoxy) is 2. The number of benzene rings is 1. The summed E-state index contributed by atoms with van der Waals surface area (Å²) in [6.07, 6.45) is 0. The number of carbonyl (C=O) groups excluding carboxylic acids is 2. The molecule has 2 rings (SSSR count). The minimum absolute atomic E-state index is 0.115. The third kappa shape index (κ3) is 4.94. The van der Waals surface area contributed by atoms with Crippen molar-refractivity contribution in [3.8, 4) is 11.8 Å². The number of nitrogens with zero attached hydrogens (tertiary/aromatic N) is 2. The van der Waals surface area contributed by atoms with Crippen molar-refractivity contribution >= 4 is 51.6 Å². The molecule has 0 radical (unpaired) electrons. The fourth-order valence-electron chi connectivity index (χ4n) is 2.25. The number of rotatable bonds is 7. The van der Waals surface area contributed by atoms with E-state index < -0.39 is 30.9 Å². The van der Waals surface area contributed by atoms with Crippen LogP contribution in [0.15, 0.2) is 18.2 Å². The van der Waals surface area contributed by atoms with E-state index in [4.69, 9.17) is 43.3 Å². The number of pyridine rings is 1. The van der Waals surface area contributed by atoms with Gasteiger partial charge in [0.2, 0.25) is 0 Å². The number of hydrogen-bond donors (Lipinski definition) is 1. The van der Waals surface area contributed by atoms with Gasteiger partial charge in [0.25, 0.3) is 0 Å². The number of ketones is 1. The highest BCUT2D eigenvalue weighted by Crippen LogP contribution is 2.37. The monoisotopic (exact) mass is 407 g/mol. The highest BCUT2D eigenvalue weighted by atomic mass is 35.5. The largest absolute Gasteiger partial charge is 0.478 e. The number of aromatic nitrogens is 1. The highest BCUT2D eigenvalue weighted by Gasteiger charge is 2.22.